The number of benzene rings is 3. The van der Waals surface area contributed by atoms with Crippen LogP contribution in [0.1, 0.15) is 39.0 Å². The molecule has 0 unspecified atom stereocenters. The van der Waals surface area contributed by atoms with Gasteiger partial charge in [-0.3, -0.25) is 19.2 Å². The lowest BCUT2D eigenvalue weighted by Gasteiger charge is -2.31. The number of para-hydroxylation sites is 1. The molecule has 3 aromatic carbocycles. The molecule has 0 spiro atoms. The normalized spacial score (nSPS) is 16.3. The lowest BCUT2D eigenvalue weighted by molar-refractivity contribution is -0.136. The molecule has 0 bridgehead atoms. The summed E-state index contributed by atoms with van der Waals surface area (Å²) in [5.74, 6) is 3.87. The van der Waals surface area contributed by atoms with Gasteiger partial charge < -0.3 is 36.1 Å². The Labute approximate surface area is 303 Å². The van der Waals surface area contributed by atoms with Gasteiger partial charge in [0.05, 0.1) is 11.3 Å². The maximum Gasteiger partial charge on any atom is 0.300 e. The van der Waals surface area contributed by atoms with E-state index >= 15 is 0 Å². The number of carbonyl (C=O) groups excluding carboxylic acids is 3. The van der Waals surface area contributed by atoms with Gasteiger partial charge in [-0.1, -0.05) is 48.5 Å². The van der Waals surface area contributed by atoms with E-state index in [1.807, 2.05) is 35.2 Å². The first-order valence-corrected chi connectivity index (χ1v) is 18.6. The molecule has 52 heavy (non-hydrogen) atoms. The molecule has 5 rings (SSSR count). The first-order chi connectivity index (χ1) is 24.9. The molecule has 15 nitrogen and oxygen atoms in total. The van der Waals surface area contributed by atoms with Crippen LogP contribution in [0, 0.1) is 5.92 Å². The van der Waals surface area contributed by atoms with Crippen LogP contribution in [-0.4, -0.2) is 105 Å². The van der Waals surface area contributed by atoms with Crippen LogP contribution in [0.4, 0.5) is 0 Å². The van der Waals surface area contributed by atoms with E-state index in [9.17, 15) is 22.8 Å². The van der Waals surface area contributed by atoms with E-state index in [-0.39, 0.29) is 48.9 Å². The lowest BCUT2D eigenvalue weighted by atomic mass is 9.98. The number of piperidine rings is 1. The average molecular weight is 738 g/mol. The van der Waals surface area contributed by atoms with Gasteiger partial charge in [0.1, 0.15) is 18.1 Å². The van der Waals surface area contributed by atoms with E-state index in [2.05, 4.69) is 20.5 Å². The number of sulfonamides is 1. The van der Waals surface area contributed by atoms with Crippen LogP contribution < -0.4 is 25.9 Å². The molecular weight excluding hydrogens is 691 g/mol. The fourth-order valence-corrected chi connectivity index (χ4v) is 7.06. The smallest absolute Gasteiger partial charge is 0.300 e. The molecule has 1 aliphatic heterocycles. The number of hydrazone groups is 1. The minimum absolute atomic E-state index is 0.00748. The first kappa shape index (κ1) is 39.6. The van der Waals surface area contributed by atoms with Gasteiger partial charge in [-0.15, -0.1) is 0 Å². The molecular formula is C36H47N7O8S. The van der Waals surface area contributed by atoms with Gasteiger partial charge in [0.2, 0.25) is 21.8 Å². The molecule has 3 aromatic rings. The van der Waals surface area contributed by atoms with Crippen LogP contribution in [0.15, 0.2) is 82.8 Å². The Kier molecular flexibility index (Phi) is 14.8. The molecule has 2 atom stereocenters. The summed E-state index contributed by atoms with van der Waals surface area (Å²) in [4.78, 5) is 52.3. The first-order valence-electron chi connectivity index (χ1n) is 17.1. The summed E-state index contributed by atoms with van der Waals surface area (Å²) in [5, 5.41) is 18.3. The summed E-state index contributed by atoms with van der Waals surface area (Å²) < 4.78 is 35.4. The minimum atomic E-state index is -4.19. The molecule has 6 N–H and O–H groups in total. The van der Waals surface area contributed by atoms with Crippen molar-refractivity contribution in [3.05, 3.63) is 72.8 Å². The molecule has 2 aliphatic rings. The molecule has 1 heterocycles. The number of carboxylic acid groups (broad SMARTS) is 1. The number of aliphatic carboxylic acids is 1. The molecule has 16 heteroatoms. The zero-order chi connectivity index (χ0) is 37.5. The van der Waals surface area contributed by atoms with Crippen LogP contribution in [0.5, 0.6) is 5.75 Å². The number of nitrogens with one attached hydrogen (secondary N) is 3. The second kappa shape index (κ2) is 19.4. The van der Waals surface area contributed by atoms with Crippen molar-refractivity contribution in [2.45, 2.75) is 56.0 Å². The summed E-state index contributed by atoms with van der Waals surface area (Å²) in [7, 11) is -4.19. The Balaban J connectivity index is 0.00000144. The van der Waals surface area contributed by atoms with Crippen LogP contribution >= 0.6 is 0 Å². The van der Waals surface area contributed by atoms with Crippen LogP contribution in [0.25, 0.3) is 10.8 Å². The zero-order valence-corrected chi connectivity index (χ0v) is 30.0. The van der Waals surface area contributed by atoms with Crippen LogP contribution in [0.3, 0.4) is 0 Å². The van der Waals surface area contributed by atoms with Gasteiger partial charge in [-0.05, 0) is 66.6 Å². The molecule has 1 saturated carbocycles. The van der Waals surface area contributed by atoms with Crippen molar-refractivity contribution in [3.63, 3.8) is 0 Å². The van der Waals surface area contributed by atoms with E-state index in [4.69, 9.17) is 20.5 Å². The van der Waals surface area contributed by atoms with Crippen molar-refractivity contribution in [2.75, 3.05) is 39.3 Å². The maximum absolute atomic E-state index is 14.0. The highest BCUT2D eigenvalue weighted by atomic mass is 32.2. The van der Waals surface area contributed by atoms with Crippen molar-refractivity contribution in [1.29, 1.82) is 0 Å². The third kappa shape index (κ3) is 12.8. The van der Waals surface area contributed by atoms with E-state index in [1.54, 1.807) is 47.6 Å². The molecule has 2 fully saturated rings. The maximum atomic E-state index is 14.0. The van der Waals surface area contributed by atoms with Crippen molar-refractivity contribution in [2.24, 2.45) is 16.9 Å². The number of hydrogen-bond donors (Lipinski definition) is 5. The highest BCUT2D eigenvalue weighted by Gasteiger charge is 2.38. The summed E-state index contributed by atoms with van der Waals surface area (Å²) in [5.41, 5.74) is 0. The SMILES string of the molecule is CC(=O)O.NN=CN1CCC[C@@H](CNC(=O)C[C@H](NS(=O)(=O)c2ccc3ccccc3c2)C(=O)N(CCNC(=O)COc2ccccc2)C2CC2)C1. The van der Waals surface area contributed by atoms with E-state index in [0.717, 1.165) is 49.9 Å². The summed E-state index contributed by atoms with van der Waals surface area (Å²) in [6.45, 7) is 3.06. The number of nitrogens with two attached hydrogens (primary N) is 1. The van der Waals surface area contributed by atoms with E-state index in [0.29, 0.717) is 18.8 Å². The van der Waals surface area contributed by atoms with Gasteiger partial charge >= 0.3 is 0 Å². The van der Waals surface area contributed by atoms with Gasteiger partial charge in [0.15, 0.2) is 6.61 Å². The Morgan fingerprint density at radius 3 is 2.38 bits per heavy atom. The Bertz CT molecular complexity index is 1800. The number of carboxylic acids is 1. The van der Waals surface area contributed by atoms with Crippen LogP contribution in [0.2, 0.25) is 0 Å². The number of nitrogens with zero attached hydrogens (tertiary/aromatic N) is 3. The quantitative estimate of drug-likeness (QED) is 0.0623. The average Bonchev–Trinajstić information content (AvgIpc) is 3.97. The third-order valence-electron chi connectivity index (χ3n) is 8.44. The summed E-state index contributed by atoms with van der Waals surface area (Å²) in [6, 6.07) is 19.6. The number of hydrogen-bond acceptors (Lipinski definition) is 9. The zero-order valence-electron chi connectivity index (χ0n) is 29.1. The number of rotatable bonds is 16. The van der Waals surface area contributed by atoms with E-state index < -0.39 is 33.8 Å². The molecule has 0 radical (unpaired) electrons. The fraction of sp³-hybridized carbons (Fsp3) is 0.417. The Morgan fingerprint density at radius 1 is 1.00 bits per heavy atom. The van der Waals surface area contributed by atoms with Crippen molar-refractivity contribution < 1.29 is 37.4 Å². The molecule has 280 valence electrons. The van der Waals surface area contributed by atoms with Gasteiger partial charge in [-0.25, -0.2) is 8.42 Å². The van der Waals surface area contributed by atoms with Crippen molar-refractivity contribution >= 4 is 50.8 Å². The van der Waals surface area contributed by atoms with Crippen molar-refractivity contribution in [3.8, 4) is 5.75 Å². The van der Waals surface area contributed by atoms with Crippen molar-refractivity contribution in [1.82, 2.24) is 25.2 Å². The number of likely N-dealkylation sites (tertiary alicyclic amines) is 1. The van der Waals surface area contributed by atoms with E-state index in [1.165, 1.54) is 6.07 Å². The van der Waals surface area contributed by atoms with Gasteiger partial charge in [0, 0.05) is 45.7 Å². The summed E-state index contributed by atoms with van der Waals surface area (Å²) >= 11 is 0. The topological polar surface area (TPSA) is 213 Å². The van der Waals surface area contributed by atoms with Gasteiger partial charge in [-0.2, -0.15) is 9.82 Å². The highest BCUT2D eigenvalue weighted by molar-refractivity contribution is 7.89. The minimum Gasteiger partial charge on any atom is -0.484 e. The lowest BCUT2D eigenvalue weighted by Crippen LogP contribution is -2.53. The highest BCUT2D eigenvalue weighted by Crippen LogP contribution is 2.28. The van der Waals surface area contributed by atoms with Crippen LogP contribution in [-0.2, 0) is 29.2 Å². The monoisotopic (exact) mass is 737 g/mol. The third-order valence-corrected chi connectivity index (χ3v) is 9.91. The Morgan fingerprint density at radius 2 is 1.69 bits per heavy atom. The second-order valence-corrected chi connectivity index (χ2v) is 14.4. The molecule has 3 amide bonds. The fourth-order valence-electron chi connectivity index (χ4n) is 5.84. The second-order valence-electron chi connectivity index (χ2n) is 12.7. The molecule has 0 aromatic heterocycles. The van der Waals surface area contributed by atoms with Gasteiger partial charge in [0.25, 0.3) is 11.9 Å². The Hall–Kier alpha value is -5.22. The number of fused-ring (bicyclic) bond motifs is 1. The predicted octanol–water partition coefficient (Wildman–Crippen LogP) is 1.88. The predicted molar refractivity (Wildman–Crippen MR) is 196 cm³/mol. The number of ether oxygens (including phenoxy) is 1. The number of amides is 3. The standard InChI is InChI=1S/C34H43N7O6S.C2H4O2/c35-38-24-40-17-6-7-25(22-40)21-37-32(42)20-31(39-48(45,46)30-15-12-26-8-4-5-9-27(26)19-30)34(44)41(28-13-14-28)18-16-36-33(43)23-47-29-10-2-1-3-11-29;1-2(3)4/h1-5,8-12,15,19,24-25,28,31,39H,6-7,13-14,16-18,20-23,35H2,(H,36,43)(H,37,42);1H3,(H,3,4)/t25-,31-;/m0./s1. The largest absolute Gasteiger partial charge is 0.484 e. The molecule has 1 aliphatic carbocycles. The number of carbonyl (C=O) groups is 4. The summed E-state index contributed by atoms with van der Waals surface area (Å²) in [6.07, 6.45) is 4.52. The molecule has 1 saturated heterocycles.